The smallest absolute Gasteiger partial charge is 0.254 e. The molecule has 2 fully saturated rings. The van der Waals surface area contributed by atoms with Crippen LogP contribution in [-0.2, 0) is 11.3 Å². The molecule has 2 aromatic carbocycles. The molecular weight excluding hydrogens is 435 g/mol. The van der Waals surface area contributed by atoms with Crippen LogP contribution in [0.25, 0.3) is 5.70 Å². The SMILES string of the molecule is O=C(C1=C(c2ccccc2F)NC(N2CCSCC2)=NC1)N(Cc1ccccc1)C1CCC1. The molecule has 2 heterocycles. The minimum absolute atomic E-state index is 0.0497. The van der Waals surface area contributed by atoms with Gasteiger partial charge in [0, 0.05) is 42.7 Å². The van der Waals surface area contributed by atoms with E-state index in [1.54, 1.807) is 12.1 Å². The van der Waals surface area contributed by atoms with Gasteiger partial charge in [0.15, 0.2) is 5.96 Å². The summed E-state index contributed by atoms with van der Waals surface area (Å²) in [5, 5.41) is 3.36. The lowest BCUT2D eigenvalue weighted by molar-refractivity contribution is -0.131. The summed E-state index contributed by atoms with van der Waals surface area (Å²) in [5.74, 6) is 2.43. The van der Waals surface area contributed by atoms with Crippen molar-refractivity contribution in [1.29, 1.82) is 0 Å². The van der Waals surface area contributed by atoms with Gasteiger partial charge in [-0.3, -0.25) is 4.79 Å². The van der Waals surface area contributed by atoms with E-state index in [9.17, 15) is 9.18 Å². The zero-order valence-corrected chi connectivity index (χ0v) is 19.5. The fourth-order valence-corrected chi connectivity index (χ4v) is 5.40. The standard InChI is InChI=1S/C26H29FN4OS/c27-23-12-5-4-11-21(23)24-22(17-28-26(29-24)30-13-15-33-16-14-30)25(32)31(20-9-6-10-20)18-19-7-2-1-3-8-19/h1-5,7-8,11-12,20H,6,9-10,13-18H2,(H,28,29). The summed E-state index contributed by atoms with van der Waals surface area (Å²) in [6.07, 6.45) is 3.15. The summed E-state index contributed by atoms with van der Waals surface area (Å²) in [4.78, 5) is 22.8. The molecule has 1 saturated heterocycles. The number of hydrogen-bond donors (Lipinski definition) is 1. The van der Waals surface area contributed by atoms with Crippen molar-refractivity contribution in [1.82, 2.24) is 15.1 Å². The Morgan fingerprint density at radius 3 is 2.52 bits per heavy atom. The van der Waals surface area contributed by atoms with Crippen LogP contribution in [0.2, 0.25) is 0 Å². The fourth-order valence-electron chi connectivity index (χ4n) is 4.50. The van der Waals surface area contributed by atoms with Crippen LogP contribution in [0.1, 0.15) is 30.4 Å². The van der Waals surface area contributed by atoms with E-state index < -0.39 is 0 Å². The molecule has 0 unspecified atom stereocenters. The topological polar surface area (TPSA) is 47.9 Å². The molecule has 33 heavy (non-hydrogen) atoms. The largest absolute Gasteiger partial charge is 0.341 e. The molecule has 172 valence electrons. The number of thioether (sulfide) groups is 1. The number of benzene rings is 2. The lowest BCUT2D eigenvalue weighted by Crippen LogP contribution is -2.49. The summed E-state index contributed by atoms with van der Waals surface area (Å²) >= 11 is 1.93. The number of hydrogen-bond acceptors (Lipinski definition) is 5. The molecule has 7 heteroatoms. The summed E-state index contributed by atoms with van der Waals surface area (Å²) < 4.78 is 14.9. The summed E-state index contributed by atoms with van der Waals surface area (Å²) in [6.45, 7) is 2.60. The minimum atomic E-state index is -0.334. The first-order valence-electron chi connectivity index (χ1n) is 11.7. The number of halogens is 1. The maximum absolute atomic E-state index is 14.9. The average molecular weight is 465 g/mol. The Balaban J connectivity index is 1.49. The first kappa shape index (κ1) is 22.0. The van der Waals surface area contributed by atoms with Gasteiger partial charge in [-0.05, 0) is 37.0 Å². The van der Waals surface area contributed by atoms with Gasteiger partial charge in [0.1, 0.15) is 5.82 Å². The maximum atomic E-state index is 14.9. The highest BCUT2D eigenvalue weighted by atomic mass is 32.2. The molecule has 5 nitrogen and oxygen atoms in total. The minimum Gasteiger partial charge on any atom is -0.341 e. The molecule has 0 bridgehead atoms. The van der Waals surface area contributed by atoms with Gasteiger partial charge < -0.3 is 15.1 Å². The van der Waals surface area contributed by atoms with Gasteiger partial charge in [-0.2, -0.15) is 11.8 Å². The number of guanidine groups is 1. The predicted octanol–water partition coefficient (Wildman–Crippen LogP) is 4.13. The van der Waals surface area contributed by atoms with Gasteiger partial charge in [0.2, 0.25) is 0 Å². The van der Waals surface area contributed by atoms with Crippen molar-refractivity contribution < 1.29 is 9.18 Å². The summed E-state index contributed by atoms with van der Waals surface area (Å²) in [6, 6.07) is 17.0. The Hall–Kier alpha value is -2.80. The molecule has 0 aromatic heterocycles. The third-order valence-corrected chi connectivity index (χ3v) is 7.55. The highest BCUT2D eigenvalue weighted by Gasteiger charge is 2.34. The molecule has 1 saturated carbocycles. The van der Waals surface area contributed by atoms with E-state index in [1.807, 2.05) is 40.9 Å². The Bertz CT molecular complexity index is 1060. The monoisotopic (exact) mass is 464 g/mol. The Labute approximate surface area is 198 Å². The molecule has 5 rings (SSSR count). The van der Waals surface area contributed by atoms with Gasteiger partial charge in [0.25, 0.3) is 5.91 Å². The van der Waals surface area contributed by atoms with E-state index in [4.69, 9.17) is 4.99 Å². The number of carbonyl (C=O) groups excluding carboxylic acids is 1. The van der Waals surface area contributed by atoms with Crippen molar-refractivity contribution in [3.8, 4) is 0 Å². The summed E-state index contributed by atoms with van der Waals surface area (Å²) in [5.41, 5.74) is 2.62. The van der Waals surface area contributed by atoms with Crippen molar-refractivity contribution in [2.75, 3.05) is 31.1 Å². The van der Waals surface area contributed by atoms with Crippen LogP contribution < -0.4 is 5.32 Å². The van der Waals surface area contributed by atoms with Crippen molar-refractivity contribution in [3.05, 3.63) is 77.1 Å². The molecule has 1 amide bonds. The molecule has 0 radical (unpaired) electrons. The van der Waals surface area contributed by atoms with Crippen LogP contribution in [-0.4, -0.2) is 58.8 Å². The van der Waals surface area contributed by atoms with E-state index in [2.05, 4.69) is 22.3 Å². The highest BCUT2D eigenvalue weighted by Crippen LogP contribution is 2.31. The Morgan fingerprint density at radius 2 is 1.82 bits per heavy atom. The number of aliphatic imine (C=N–C) groups is 1. The van der Waals surface area contributed by atoms with Crippen LogP contribution in [0.5, 0.6) is 0 Å². The zero-order valence-electron chi connectivity index (χ0n) is 18.7. The molecule has 0 spiro atoms. The number of nitrogens with zero attached hydrogens (tertiary/aromatic N) is 3. The predicted molar refractivity (Wildman–Crippen MR) is 132 cm³/mol. The molecule has 1 aliphatic carbocycles. The van der Waals surface area contributed by atoms with Gasteiger partial charge in [-0.25, -0.2) is 9.38 Å². The molecule has 2 aromatic rings. The van der Waals surface area contributed by atoms with E-state index in [-0.39, 0.29) is 24.3 Å². The average Bonchev–Trinajstić information content (AvgIpc) is 2.83. The number of rotatable bonds is 5. The van der Waals surface area contributed by atoms with E-state index in [1.165, 1.54) is 6.07 Å². The first-order chi connectivity index (χ1) is 16.2. The quantitative estimate of drug-likeness (QED) is 0.723. The van der Waals surface area contributed by atoms with Crippen LogP contribution in [0.4, 0.5) is 4.39 Å². The normalized spacial score (nSPS) is 18.9. The second-order valence-electron chi connectivity index (χ2n) is 8.70. The molecule has 3 aliphatic rings. The van der Waals surface area contributed by atoms with Gasteiger partial charge in [-0.15, -0.1) is 0 Å². The van der Waals surface area contributed by atoms with E-state index >= 15 is 0 Å². The van der Waals surface area contributed by atoms with Crippen LogP contribution in [0.15, 0.2) is 65.2 Å². The molecule has 1 N–H and O–H groups in total. The summed E-state index contributed by atoms with van der Waals surface area (Å²) in [7, 11) is 0. The lowest BCUT2D eigenvalue weighted by atomic mass is 9.90. The van der Waals surface area contributed by atoms with Crippen molar-refractivity contribution in [3.63, 3.8) is 0 Å². The third kappa shape index (κ3) is 4.78. The number of amides is 1. The van der Waals surface area contributed by atoms with Crippen LogP contribution in [0, 0.1) is 5.82 Å². The van der Waals surface area contributed by atoms with Gasteiger partial charge in [0.05, 0.1) is 17.8 Å². The zero-order chi connectivity index (χ0) is 22.6. The van der Waals surface area contributed by atoms with Crippen molar-refractivity contribution in [2.45, 2.75) is 31.8 Å². The van der Waals surface area contributed by atoms with Crippen molar-refractivity contribution >= 4 is 29.3 Å². The van der Waals surface area contributed by atoms with Crippen LogP contribution >= 0.6 is 11.8 Å². The number of nitrogens with one attached hydrogen (secondary N) is 1. The van der Waals surface area contributed by atoms with Crippen molar-refractivity contribution in [2.24, 2.45) is 4.99 Å². The second-order valence-corrected chi connectivity index (χ2v) is 9.93. The molecular formula is C26H29FN4OS. The van der Waals surface area contributed by atoms with E-state index in [0.717, 1.165) is 55.4 Å². The van der Waals surface area contributed by atoms with E-state index in [0.29, 0.717) is 23.4 Å². The Morgan fingerprint density at radius 1 is 1.09 bits per heavy atom. The molecule has 0 atom stereocenters. The van der Waals surface area contributed by atoms with Crippen LogP contribution in [0.3, 0.4) is 0 Å². The highest BCUT2D eigenvalue weighted by molar-refractivity contribution is 7.99. The maximum Gasteiger partial charge on any atom is 0.254 e. The van der Waals surface area contributed by atoms with Gasteiger partial charge >= 0.3 is 0 Å². The first-order valence-corrected chi connectivity index (χ1v) is 12.8. The second kappa shape index (κ2) is 10.00. The lowest BCUT2D eigenvalue weighted by Gasteiger charge is -2.39. The third-order valence-electron chi connectivity index (χ3n) is 6.61. The molecule has 2 aliphatic heterocycles. The Kier molecular flexibility index (Phi) is 6.67. The van der Waals surface area contributed by atoms with Gasteiger partial charge in [-0.1, -0.05) is 42.5 Å². The number of carbonyl (C=O) groups is 1. The fraction of sp³-hybridized carbons (Fsp3) is 0.385.